The first-order chi connectivity index (χ1) is 12.2. The number of methoxy groups -OCH3 is 1. The lowest BCUT2D eigenvalue weighted by Gasteiger charge is -2.34. The zero-order chi connectivity index (χ0) is 17.5. The Kier molecular flexibility index (Phi) is 6.16. The Morgan fingerprint density at radius 1 is 1.40 bits per heavy atom. The van der Waals surface area contributed by atoms with E-state index < -0.39 is 6.10 Å². The van der Waals surface area contributed by atoms with E-state index in [0.29, 0.717) is 19.7 Å². The number of nitrogens with one attached hydrogen (secondary N) is 1. The molecule has 1 aromatic heterocycles. The predicted octanol–water partition coefficient (Wildman–Crippen LogP) is 1.33. The maximum absolute atomic E-state index is 10.5. The fourth-order valence-electron chi connectivity index (χ4n) is 2.88. The van der Waals surface area contributed by atoms with Crippen LogP contribution in [0.1, 0.15) is 11.7 Å². The lowest BCUT2D eigenvalue weighted by Crippen LogP contribution is -2.46. The fourth-order valence-corrected chi connectivity index (χ4v) is 2.88. The van der Waals surface area contributed by atoms with Crippen molar-refractivity contribution in [2.45, 2.75) is 12.2 Å². The van der Waals surface area contributed by atoms with Gasteiger partial charge in [-0.15, -0.1) is 5.10 Å². The Balaban J connectivity index is 1.50. The second-order valence-electron chi connectivity index (χ2n) is 6.03. The van der Waals surface area contributed by atoms with Crippen molar-refractivity contribution in [2.75, 3.05) is 45.2 Å². The summed E-state index contributed by atoms with van der Waals surface area (Å²) in [5.74, 6) is 1.49. The Labute approximate surface area is 147 Å². The van der Waals surface area contributed by atoms with Gasteiger partial charge in [-0.25, -0.2) is 0 Å². The first kappa shape index (κ1) is 17.6. The van der Waals surface area contributed by atoms with Gasteiger partial charge in [0.15, 0.2) is 0 Å². The number of anilines is 1. The van der Waals surface area contributed by atoms with Gasteiger partial charge in [-0.1, -0.05) is 12.1 Å². The highest BCUT2D eigenvalue weighted by Crippen LogP contribution is 2.20. The van der Waals surface area contributed by atoms with Gasteiger partial charge >= 0.3 is 0 Å². The normalized spacial score (nSPS) is 19.4. The van der Waals surface area contributed by atoms with Crippen LogP contribution in [0.2, 0.25) is 0 Å². The molecule has 2 atom stereocenters. The molecule has 0 unspecified atom stereocenters. The average molecular weight is 344 g/mol. The summed E-state index contributed by atoms with van der Waals surface area (Å²) in [5, 5.41) is 21.6. The zero-order valence-electron chi connectivity index (χ0n) is 14.3. The largest absolute Gasteiger partial charge is 0.497 e. The van der Waals surface area contributed by atoms with E-state index in [4.69, 9.17) is 9.47 Å². The quantitative estimate of drug-likeness (QED) is 0.784. The number of rotatable bonds is 7. The van der Waals surface area contributed by atoms with Gasteiger partial charge in [0.1, 0.15) is 11.6 Å². The molecule has 2 aromatic rings. The van der Waals surface area contributed by atoms with Crippen molar-refractivity contribution < 1.29 is 14.6 Å². The number of aromatic nitrogens is 2. The van der Waals surface area contributed by atoms with E-state index in [1.807, 2.05) is 36.4 Å². The summed E-state index contributed by atoms with van der Waals surface area (Å²) >= 11 is 0. The first-order valence-electron chi connectivity index (χ1n) is 8.42. The van der Waals surface area contributed by atoms with Crippen LogP contribution in [0.4, 0.5) is 5.82 Å². The van der Waals surface area contributed by atoms with Gasteiger partial charge in [0.05, 0.1) is 25.9 Å². The Morgan fingerprint density at radius 2 is 2.32 bits per heavy atom. The van der Waals surface area contributed by atoms with Crippen LogP contribution < -0.4 is 10.1 Å². The summed E-state index contributed by atoms with van der Waals surface area (Å²) in [5.41, 5.74) is 0.861. The lowest BCUT2D eigenvalue weighted by molar-refractivity contribution is -0.0344. The minimum atomic E-state index is -0.554. The molecule has 0 spiro atoms. The molecular weight excluding hydrogens is 320 g/mol. The molecule has 0 saturated carbocycles. The fraction of sp³-hybridized carbons (Fsp3) is 0.444. The van der Waals surface area contributed by atoms with E-state index in [-0.39, 0.29) is 6.10 Å². The molecule has 7 nitrogen and oxygen atoms in total. The van der Waals surface area contributed by atoms with Gasteiger partial charge in [-0.3, -0.25) is 4.90 Å². The SMILES string of the molecule is COc1cccc([C@@H](O)CN2CCO[C@H](CNc3cccnn3)C2)c1. The molecule has 1 fully saturated rings. The molecule has 0 bridgehead atoms. The van der Waals surface area contributed by atoms with Gasteiger partial charge in [-0.2, -0.15) is 5.10 Å². The van der Waals surface area contributed by atoms with Crippen LogP contribution in [0, 0.1) is 0 Å². The third-order valence-electron chi connectivity index (χ3n) is 4.22. The molecule has 1 aromatic carbocycles. The Morgan fingerprint density at radius 3 is 3.12 bits per heavy atom. The number of benzene rings is 1. The highest BCUT2D eigenvalue weighted by molar-refractivity contribution is 5.31. The first-order valence-corrected chi connectivity index (χ1v) is 8.42. The summed E-state index contributed by atoms with van der Waals surface area (Å²) in [6.07, 6.45) is 1.14. The van der Waals surface area contributed by atoms with Crippen molar-refractivity contribution in [1.29, 1.82) is 0 Å². The second-order valence-corrected chi connectivity index (χ2v) is 6.03. The molecule has 1 aliphatic heterocycles. The minimum absolute atomic E-state index is 0.0493. The molecule has 0 amide bonds. The van der Waals surface area contributed by atoms with Crippen molar-refractivity contribution in [1.82, 2.24) is 15.1 Å². The van der Waals surface area contributed by atoms with Gasteiger partial charge in [0, 0.05) is 32.4 Å². The van der Waals surface area contributed by atoms with E-state index in [1.165, 1.54) is 0 Å². The third-order valence-corrected chi connectivity index (χ3v) is 4.22. The van der Waals surface area contributed by atoms with Crippen LogP contribution >= 0.6 is 0 Å². The molecule has 2 N–H and O–H groups in total. The van der Waals surface area contributed by atoms with E-state index >= 15 is 0 Å². The van der Waals surface area contributed by atoms with Crippen LogP contribution in [0.15, 0.2) is 42.6 Å². The van der Waals surface area contributed by atoms with Gasteiger partial charge < -0.3 is 19.9 Å². The Bertz CT molecular complexity index is 656. The third kappa shape index (κ3) is 5.12. The highest BCUT2D eigenvalue weighted by atomic mass is 16.5. The van der Waals surface area contributed by atoms with E-state index in [9.17, 15) is 5.11 Å². The smallest absolute Gasteiger partial charge is 0.148 e. The zero-order valence-corrected chi connectivity index (χ0v) is 14.3. The van der Waals surface area contributed by atoms with E-state index in [0.717, 1.165) is 30.2 Å². The van der Waals surface area contributed by atoms with Crippen molar-refractivity contribution in [3.05, 3.63) is 48.2 Å². The van der Waals surface area contributed by atoms with Gasteiger partial charge in [-0.05, 0) is 29.8 Å². The van der Waals surface area contributed by atoms with E-state index in [2.05, 4.69) is 20.4 Å². The summed E-state index contributed by atoms with van der Waals surface area (Å²) in [6, 6.07) is 11.3. The van der Waals surface area contributed by atoms with Crippen LogP contribution in [0.5, 0.6) is 5.75 Å². The maximum atomic E-state index is 10.5. The summed E-state index contributed by atoms with van der Waals surface area (Å²) in [7, 11) is 1.63. The molecule has 0 radical (unpaired) electrons. The number of aliphatic hydroxyl groups excluding tert-OH is 1. The number of aliphatic hydroxyl groups is 1. The van der Waals surface area contributed by atoms with E-state index in [1.54, 1.807) is 13.3 Å². The topological polar surface area (TPSA) is 79.7 Å². The lowest BCUT2D eigenvalue weighted by atomic mass is 10.1. The monoisotopic (exact) mass is 344 g/mol. The molecule has 7 heteroatoms. The molecule has 1 aliphatic rings. The molecule has 0 aliphatic carbocycles. The Hall–Kier alpha value is -2.22. The summed E-state index contributed by atoms with van der Waals surface area (Å²) in [6.45, 7) is 3.44. The second kappa shape index (κ2) is 8.75. The van der Waals surface area contributed by atoms with Crippen LogP contribution in [0.25, 0.3) is 0 Å². The van der Waals surface area contributed by atoms with Crippen molar-refractivity contribution >= 4 is 5.82 Å². The number of β-amino-alcohol motifs (C(OH)–C–C–N with tert-alkyl or cyclic N) is 1. The standard InChI is InChI=1S/C18H24N4O3/c1-24-15-5-2-4-14(10-15)17(23)13-22-8-9-25-16(12-22)11-19-18-6-3-7-20-21-18/h2-7,10,16-17,23H,8-9,11-13H2,1H3,(H,19,21)/t16-,17+/m1/s1. The molecule has 134 valence electrons. The number of morpholine rings is 1. The molecular formula is C18H24N4O3. The number of ether oxygens (including phenoxy) is 2. The number of hydrogen-bond donors (Lipinski definition) is 2. The van der Waals surface area contributed by atoms with Crippen LogP contribution in [0.3, 0.4) is 0 Å². The maximum Gasteiger partial charge on any atom is 0.148 e. The molecule has 3 rings (SSSR count). The van der Waals surface area contributed by atoms with Crippen molar-refractivity contribution in [2.24, 2.45) is 0 Å². The number of nitrogens with zero attached hydrogens (tertiary/aromatic N) is 3. The van der Waals surface area contributed by atoms with Crippen LogP contribution in [-0.4, -0.2) is 66.2 Å². The average Bonchev–Trinajstić information content (AvgIpc) is 2.67. The van der Waals surface area contributed by atoms with Crippen LogP contribution in [-0.2, 0) is 4.74 Å². The minimum Gasteiger partial charge on any atom is -0.497 e. The van der Waals surface area contributed by atoms with Crippen molar-refractivity contribution in [3.8, 4) is 5.75 Å². The van der Waals surface area contributed by atoms with Gasteiger partial charge in [0.25, 0.3) is 0 Å². The highest BCUT2D eigenvalue weighted by Gasteiger charge is 2.23. The molecule has 2 heterocycles. The summed E-state index contributed by atoms with van der Waals surface area (Å²) in [4.78, 5) is 2.22. The predicted molar refractivity (Wildman–Crippen MR) is 94.7 cm³/mol. The molecule has 25 heavy (non-hydrogen) atoms. The number of hydrogen-bond acceptors (Lipinski definition) is 7. The summed E-state index contributed by atoms with van der Waals surface area (Å²) < 4.78 is 11.0. The van der Waals surface area contributed by atoms with Crippen molar-refractivity contribution in [3.63, 3.8) is 0 Å². The van der Waals surface area contributed by atoms with Gasteiger partial charge in [0.2, 0.25) is 0 Å². The molecule has 1 saturated heterocycles.